The molecule has 3 aromatic rings. The number of likely N-dealkylation sites (tertiary alicyclic amines) is 1. The maximum absolute atomic E-state index is 11.1. The molecule has 1 atom stereocenters. The Morgan fingerprint density at radius 1 is 1.42 bits per heavy atom. The number of methoxy groups -OCH3 is 1. The second-order valence-corrected chi connectivity index (χ2v) is 5.75. The Labute approximate surface area is 136 Å². The van der Waals surface area contributed by atoms with Crippen molar-refractivity contribution < 1.29 is 14.6 Å². The van der Waals surface area contributed by atoms with Gasteiger partial charge in [-0.2, -0.15) is 4.52 Å². The highest BCUT2D eigenvalue weighted by Crippen LogP contribution is 2.30. The normalized spacial score (nSPS) is 17.7. The van der Waals surface area contributed by atoms with Gasteiger partial charge in [0.2, 0.25) is 5.95 Å². The van der Waals surface area contributed by atoms with Crippen LogP contribution in [0.3, 0.4) is 0 Å². The van der Waals surface area contributed by atoms with Crippen molar-refractivity contribution in [3.8, 4) is 5.75 Å². The van der Waals surface area contributed by atoms with E-state index < -0.39 is 6.09 Å². The number of amides is 1. The third-order valence-corrected chi connectivity index (χ3v) is 4.35. The van der Waals surface area contributed by atoms with Gasteiger partial charge in [0.15, 0.2) is 11.5 Å². The summed E-state index contributed by atoms with van der Waals surface area (Å²) in [5.41, 5.74) is 7.25. The number of fused-ring (bicyclic) bond motifs is 3. The highest BCUT2D eigenvalue weighted by atomic mass is 16.5. The van der Waals surface area contributed by atoms with Crippen molar-refractivity contribution in [1.82, 2.24) is 24.5 Å². The van der Waals surface area contributed by atoms with Crippen LogP contribution in [0.5, 0.6) is 5.75 Å². The Hall–Kier alpha value is -3.10. The van der Waals surface area contributed by atoms with Crippen molar-refractivity contribution in [1.29, 1.82) is 0 Å². The quantitative estimate of drug-likeness (QED) is 0.728. The van der Waals surface area contributed by atoms with E-state index in [1.54, 1.807) is 7.11 Å². The Morgan fingerprint density at radius 3 is 2.96 bits per heavy atom. The number of anilines is 1. The minimum absolute atomic E-state index is 0.0407. The van der Waals surface area contributed by atoms with Crippen molar-refractivity contribution in [2.24, 2.45) is 0 Å². The van der Waals surface area contributed by atoms with Gasteiger partial charge in [0.1, 0.15) is 11.3 Å². The van der Waals surface area contributed by atoms with E-state index in [9.17, 15) is 4.79 Å². The van der Waals surface area contributed by atoms with Crippen molar-refractivity contribution in [2.75, 3.05) is 25.9 Å². The molecule has 124 valence electrons. The smallest absolute Gasteiger partial charge is 0.407 e. The minimum Gasteiger partial charge on any atom is -0.494 e. The maximum Gasteiger partial charge on any atom is 0.407 e. The molecule has 9 nitrogen and oxygen atoms in total. The number of hydrogen-bond donors (Lipinski definition) is 2. The van der Waals surface area contributed by atoms with Crippen LogP contribution in [-0.2, 0) is 0 Å². The van der Waals surface area contributed by atoms with Gasteiger partial charge in [-0.05, 0) is 18.6 Å². The highest BCUT2D eigenvalue weighted by molar-refractivity contribution is 5.95. The Morgan fingerprint density at radius 2 is 2.25 bits per heavy atom. The summed E-state index contributed by atoms with van der Waals surface area (Å²) in [6.45, 7) is 0.874. The molecule has 0 bridgehead atoms. The summed E-state index contributed by atoms with van der Waals surface area (Å²) in [5, 5.41) is 14.3. The zero-order chi connectivity index (χ0) is 16.8. The van der Waals surface area contributed by atoms with Crippen molar-refractivity contribution in [2.45, 2.75) is 12.3 Å². The first-order chi connectivity index (χ1) is 11.6. The summed E-state index contributed by atoms with van der Waals surface area (Å²) in [4.78, 5) is 21.4. The first kappa shape index (κ1) is 14.5. The molecule has 1 unspecified atom stereocenters. The lowest BCUT2D eigenvalue weighted by Gasteiger charge is -2.09. The molecule has 1 fully saturated rings. The lowest BCUT2D eigenvalue weighted by Crippen LogP contribution is -2.26. The number of ether oxygens (including phenoxy) is 1. The molecule has 0 saturated carbocycles. The third kappa shape index (κ3) is 2.08. The number of benzene rings is 1. The van der Waals surface area contributed by atoms with Crippen LogP contribution >= 0.6 is 0 Å². The SMILES string of the molecule is COc1cccc2c1nc(N)n1nc(C3CCN(C(=O)O)C3)nc21. The van der Waals surface area contributed by atoms with Crippen LogP contribution in [0.2, 0.25) is 0 Å². The van der Waals surface area contributed by atoms with E-state index in [2.05, 4.69) is 15.1 Å². The second-order valence-electron chi connectivity index (χ2n) is 5.75. The molecule has 0 aliphatic carbocycles. The topological polar surface area (TPSA) is 119 Å². The maximum atomic E-state index is 11.1. The molecule has 9 heteroatoms. The van der Waals surface area contributed by atoms with Crippen molar-refractivity contribution in [3.05, 3.63) is 24.0 Å². The van der Waals surface area contributed by atoms with Gasteiger partial charge in [0, 0.05) is 24.4 Å². The van der Waals surface area contributed by atoms with E-state index in [1.807, 2.05) is 18.2 Å². The van der Waals surface area contributed by atoms with Gasteiger partial charge in [0.25, 0.3) is 0 Å². The minimum atomic E-state index is -0.919. The largest absolute Gasteiger partial charge is 0.494 e. The van der Waals surface area contributed by atoms with E-state index in [0.717, 1.165) is 5.39 Å². The molecule has 24 heavy (non-hydrogen) atoms. The monoisotopic (exact) mass is 328 g/mol. The average molecular weight is 328 g/mol. The number of carboxylic acid groups (broad SMARTS) is 1. The van der Waals surface area contributed by atoms with E-state index >= 15 is 0 Å². The van der Waals surface area contributed by atoms with Gasteiger partial charge in [-0.1, -0.05) is 6.07 Å². The zero-order valence-corrected chi connectivity index (χ0v) is 13.0. The molecule has 0 radical (unpaired) electrons. The van der Waals surface area contributed by atoms with Gasteiger partial charge in [-0.3, -0.25) is 0 Å². The summed E-state index contributed by atoms with van der Waals surface area (Å²) in [6, 6.07) is 5.55. The van der Waals surface area contributed by atoms with Gasteiger partial charge in [-0.25, -0.2) is 14.8 Å². The highest BCUT2D eigenvalue weighted by Gasteiger charge is 2.30. The molecule has 0 spiro atoms. The number of carbonyl (C=O) groups is 1. The number of nitrogens with zero attached hydrogens (tertiary/aromatic N) is 5. The Kier molecular flexibility index (Phi) is 3.15. The summed E-state index contributed by atoms with van der Waals surface area (Å²) in [6.07, 6.45) is -0.227. The number of rotatable bonds is 2. The van der Waals surface area contributed by atoms with Gasteiger partial charge >= 0.3 is 6.09 Å². The molecule has 3 N–H and O–H groups in total. The van der Waals surface area contributed by atoms with Crippen molar-refractivity contribution >= 4 is 28.6 Å². The average Bonchev–Trinajstić information content (AvgIpc) is 3.22. The molecule has 1 aromatic carbocycles. The van der Waals surface area contributed by atoms with Crippen molar-refractivity contribution in [3.63, 3.8) is 0 Å². The van der Waals surface area contributed by atoms with Gasteiger partial charge in [0.05, 0.1) is 7.11 Å². The molecule has 1 amide bonds. The van der Waals surface area contributed by atoms with Crippen LogP contribution in [0.25, 0.3) is 16.6 Å². The van der Waals surface area contributed by atoms with Crippen LogP contribution < -0.4 is 10.5 Å². The number of nitrogen functional groups attached to an aromatic ring is 1. The molecule has 1 aliphatic heterocycles. The van der Waals surface area contributed by atoms with Crippen LogP contribution in [-0.4, -0.2) is 55.9 Å². The number of aromatic nitrogens is 4. The summed E-state index contributed by atoms with van der Waals surface area (Å²) in [7, 11) is 1.57. The lowest BCUT2D eigenvalue weighted by atomic mass is 10.1. The van der Waals surface area contributed by atoms with Crippen LogP contribution in [0.15, 0.2) is 18.2 Å². The standard InChI is InChI=1S/C15H16N6O3/c1-24-10-4-2-3-9-11(10)17-14(16)21-13(9)18-12(19-21)8-5-6-20(7-8)15(22)23/h2-4,8H,5-7H2,1H3,(H2,16,17)(H,22,23). The van der Waals surface area contributed by atoms with Gasteiger partial charge < -0.3 is 20.5 Å². The van der Waals surface area contributed by atoms with Crippen LogP contribution in [0.4, 0.5) is 10.7 Å². The van der Waals surface area contributed by atoms with E-state index in [4.69, 9.17) is 15.6 Å². The summed E-state index contributed by atoms with van der Waals surface area (Å²) in [5.74, 6) is 1.38. The number of para-hydroxylation sites is 1. The fourth-order valence-corrected chi connectivity index (χ4v) is 3.12. The zero-order valence-electron chi connectivity index (χ0n) is 13.0. The first-order valence-electron chi connectivity index (χ1n) is 7.55. The Bertz CT molecular complexity index is 953. The molecule has 2 aromatic heterocycles. The lowest BCUT2D eigenvalue weighted by molar-refractivity contribution is 0.155. The molecule has 4 rings (SSSR count). The predicted octanol–water partition coefficient (Wildman–Crippen LogP) is 1.34. The first-order valence-corrected chi connectivity index (χ1v) is 7.55. The summed E-state index contributed by atoms with van der Waals surface area (Å²) < 4.78 is 6.83. The summed E-state index contributed by atoms with van der Waals surface area (Å²) >= 11 is 0. The molecular weight excluding hydrogens is 312 g/mol. The van der Waals surface area contributed by atoms with E-state index in [0.29, 0.717) is 42.2 Å². The fourth-order valence-electron chi connectivity index (χ4n) is 3.12. The van der Waals surface area contributed by atoms with E-state index in [1.165, 1.54) is 9.42 Å². The molecule has 1 aliphatic rings. The third-order valence-electron chi connectivity index (χ3n) is 4.35. The number of hydrogen-bond acceptors (Lipinski definition) is 6. The Balaban J connectivity index is 1.85. The molecular formula is C15H16N6O3. The number of nitrogens with two attached hydrogens (primary N) is 1. The predicted molar refractivity (Wildman–Crippen MR) is 86.2 cm³/mol. The van der Waals surface area contributed by atoms with Crippen LogP contribution in [0.1, 0.15) is 18.2 Å². The second kappa shape index (κ2) is 5.22. The molecule has 3 heterocycles. The fraction of sp³-hybridized carbons (Fsp3) is 0.333. The van der Waals surface area contributed by atoms with Crippen LogP contribution in [0, 0.1) is 0 Å². The van der Waals surface area contributed by atoms with Gasteiger partial charge in [-0.15, -0.1) is 5.10 Å². The van der Waals surface area contributed by atoms with E-state index in [-0.39, 0.29) is 11.9 Å². The molecule has 1 saturated heterocycles.